The van der Waals surface area contributed by atoms with Gasteiger partial charge in [-0.1, -0.05) is 26.0 Å². The van der Waals surface area contributed by atoms with Crippen molar-refractivity contribution in [3.8, 4) is 6.26 Å². The Balaban J connectivity index is 3.04. The molecule has 1 aromatic rings. The van der Waals surface area contributed by atoms with Gasteiger partial charge in [-0.15, -0.1) is 5.26 Å². The van der Waals surface area contributed by atoms with Crippen molar-refractivity contribution in [2.24, 2.45) is 0 Å². The molecule has 78 valence electrons. The van der Waals surface area contributed by atoms with Gasteiger partial charge in [-0.25, -0.2) is 4.79 Å². The van der Waals surface area contributed by atoms with Crippen molar-refractivity contribution in [3.63, 3.8) is 0 Å². The molecule has 3 nitrogen and oxygen atoms in total. The summed E-state index contributed by atoms with van der Waals surface area (Å²) < 4.78 is 4.28. The SMILES string of the molecule is Cc1cc(C(C)C)ccc1C(=O)OC#N. The zero-order valence-electron chi connectivity index (χ0n) is 9.07. The van der Waals surface area contributed by atoms with Gasteiger partial charge in [0.2, 0.25) is 0 Å². The summed E-state index contributed by atoms with van der Waals surface area (Å²) in [7, 11) is 0. The van der Waals surface area contributed by atoms with Crippen LogP contribution < -0.4 is 0 Å². The van der Waals surface area contributed by atoms with Crippen LogP contribution in [0.4, 0.5) is 0 Å². The molecule has 3 heteroatoms. The molecule has 0 fully saturated rings. The van der Waals surface area contributed by atoms with Crippen LogP contribution in [0.5, 0.6) is 0 Å². The van der Waals surface area contributed by atoms with E-state index in [1.807, 2.05) is 19.1 Å². The fourth-order valence-corrected chi connectivity index (χ4v) is 1.37. The Morgan fingerprint density at radius 3 is 2.60 bits per heavy atom. The Hall–Kier alpha value is -1.82. The number of nitriles is 1. The molecule has 0 radical (unpaired) electrons. The van der Waals surface area contributed by atoms with E-state index in [1.54, 1.807) is 6.07 Å². The van der Waals surface area contributed by atoms with Gasteiger partial charge in [-0.3, -0.25) is 0 Å². The lowest BCUT2D eigenvalue weighted by Crippen LogP contribution is -2.04. The molecule has 0 atom stereocenters. The maximum atomic E-state index is 11.3. The highest BCUT2D eigenvalue weighted by Gasteiger charge is 2.11. The van der Waals surface area contributed by atoms with Crippen molar-refractivity contribution in [2.45, 2.75) is 26.7 Å². The van der Waals surface area contributed by atoms with Crippen LogP contribution in [0, 0.1) is 18.4 Å². The minimum absolute atomic E-state index is 0.421. The molecule has 0 amide bonds. The van der Waals surface area contributed by atoms with Crippen molar-refractivity contribution < 1.29 is 9.53 Å². The first-order valence-corrected chi connectivity index (χ1v) is 4.77. The zero-order chi connectivity index (χ0) is 11.4. The molecule has 0 unspecified atom stereocenters. The number of carbonyl (C=O) groups is 1. The summed E-state index contributed by atoms with van der Waals surface area (Å²) in [5, 5.41) is 8.24. The number of esters is 1. The van der Waals surface area contributed by atoms with Crippen LogP contribution in [0.15, 0.2) is 18.2 Å². The molecule has 0 aliphatic rings. The Morgan fingerprint density at radius 1 is 1.47 bits per heavy atom. The highest BCUT2D eigenvalue weighted by Crippen LogP contribution is 2.18. The van der Waals surface area contributed by atoms with E-state index in [4.69, 9.17) is 5.26 Å². The lowest BCUT2D eigenvalue weighted by Gasteiger charge is -2.08. The van der Waals surface area contributed by atoms with Crippen molar-refractivity contribution in [1.82, 2.24) is 0 Å². The van der Waals surface area contributed by atoms with Crippen LogP contribution in [0.1, 0.15) is 41.3 Å². The number of rotatable bonds is 2. The first kappa shape index (κ1) is 11.3. The van der Waals surface area contributed by atoms with Gasteiger partial charge in [0.05, 0.1) is 5.56 Å². The predicted molar refractivity (Wildman–Crippen MR) is 56.3 cm³/mol. The molecule has 0 saturated heterocycles. The molecule has 1 aromatic carbocycles. The van der Waals surface area contributed by atoms with Crippen LogP contribution in [0.25, 0.3) is 0 Å². The number of aryl methyl sites for hydroxylation is 1. The average Bonchev–Trinajstić information content (AvgIpc) is 2.17. The second-order valence-electron chi connectivity index (χ2n) is 3.71. The van der Waals surface area contributed by atoms with Crippen molar-refractivity contribution in [3.05, 3.63) is 34.9 Å². The second kappa shape index (κ2) is 4.61. The Morgan fingerprint density at radius 2 is 2.13 bits per heavy atom. The standard InChI is InChI=1S/C12H13NO2/c1-8(2)10-4-5-11(9(3)6-10)12(14)15-7-13/h4-6,8H,1-3H3. The van der Waals surface area contributed by atoms with Crippen LogP contribution in [-0.2, 0) is 4.74 Å². The molecule has 0 heterocycles. The van der Waals surface area contributed by atoms with Crippen molar-refractivity contribution in [1.29, 1.82) is 5.26 Å². The summed E-state index contributed by atoms with van der Waals surface area (Å²) in [5.74, 6) is -0.171. The number of hydrogen-bond acceptors (Lipinski definition) is 3. The van der Waals surface area contributed by atoms with Gasteiger partial charge in [-0.2, -0.15) is 0 Å². The highest BCUT2D eigenvalue weighted by atomic mass is 16.5. The van der Waals surface area contributed by atoms with E-state index in [-0.39, 0.29) is 0 Å². The summed E-state index contributed by atoms with van der Waals surface area (Å²) >= 11 is 0. The van der Waals surface area contributed by atoms with E-state index in [9.17, 15) is 4.79 Å². The number of carbonyl (C=O) groups excluding carboxylic acids is 1. The van der Waals surface area contributed by atoms with Crippen LogP contribution in [0.3, 0.4) is 0 Å². The van der Waals surface area contributed by atoms with Gasteiger partial charge < -0.3 is 4.74 Å². The molecule has 0 aliphatic carbocycles. The summed E-state index contributed by atoms with van der Waals surface area (Å²) in [6.45, 7) is 6.00. The van der Waals surface area contributed by atoms with Gasteiger partial charge in [-0.05, 0) is 30.0 Å². The lowest BCUT2D eigenvalue weighted by atomic mass is 9.98. The second-order valence-corrected chi connectivity index (χ2v) is 3.71. The molecule has 1 rings (SSSR count). The topological polar surface area (TPSA) is 50.1 Å². The van der Waals surface area contributed by atoms with Gasteiger partial charge in [0.25, 0.3) is 6.26 Å². The summed E-state index contributed by atoms with van der Waals surface area (Å²) in [6.07, 6.45) is 1.38. The highest BCUT2D eigenvalue weighted by molar-refractivity contribution is 5.91. The fourth-order valence-electron chi connectivity index (χ4n) is 1.37. The van der Waals surface area contributed by atoms with Crippen molar-refractivity contribution >= 4 is 5.97 Å². The summed E-state index contributed by atoms with van der Waals surface area (Å²) in [5.41, 5.74) is 2.45. The molecule has 0 spiro atoms. The first-order valence-electron chi connectivity index (χ1n) is 4.77. The minimum atomic E-state index is -0.592. The molecule has 0 aliphatic heterocycles. The van der Waals surface area contributed by atoms with E-state index < -0.39 is 5.97 Å². The summed E-state index contributed by atoms with van der Waals surface area (Å²) in [6, 6.07) is 5.52. The Bertz CT molecular complexity index is 416. The maximum absolute atomic E-state index is 11.3. The fraction of sp³-hybridized carbons (Fsp3) is 0.333. The zero-order valence-corrected chi connectivity index (χ0v) is 9.07. The summed E-state index contributed by atoms with van der Waals surface area (Å²) in [4.78, 5) is 11.3. The van der Waals surface area contributed by atoms with E-state index in [0.29, 0.717) is 11.5 Å². The Labute approximate surface area is 89.3 Å². The average molecular weight is 203 g/mol. The molecule has 15 heavy (non-hydrogen) atoms. The quantitative estimate of drug-likeness (QED) is 0.548. The monoisotopic (exact) mass is 203 g/mol. The van der Waals surface area contributed by atoms with Gasteiger partial charge in [0, 0.05) is 0 Å². The maximum Gasteiger partial charge on any atom is 0.353 e. The molecule has 0 aromatic heterocycles. The third kappa shape index (κ3) is 2.57. The van der Waals surface area contributed by atoms with Gasteiger partial charge >= 0.3 is 5.97 Å². The first-order chi connectivity index (χ1) is 7.06. The smallest absolute Gasteiger partial charge is 0.347 e. The molecular weight excluding hydrogens is 190 g/mol. The number of benzene rings is 1. The van der Waals surface area contributed by atoms with Gasteiger partial charge in [0.15, 0.2) is 0 Å². The molecule has 0 saturated carbocycles. The minimum Gasteiger partial charge on any atom is -0.347 e. The third-order valence-electron chi connectivity index (χ3n) is 2.28. The van der Waals surface area contributed by atoms with Crippen LogP contribution in [0.2, 0.25) is 0 Å². The molecular formula is C12H13NO2. The predicted octanol–water partition coefficient (Wildman–Crippen LogP) is 2.76. The van der Waals surface area contributed by atoms with E-state index in [1.165, 1.54) is 11.8 Å². The lowest BCUT2D eigenvalue weighted by molar-refractivity contribution is 0.0684. The van der Waals surface area contributed by atoms with Crippen LogP contribution >= 0.6 is 0 Å². The number of hydrogen-bond donors (Lipinski definition) is 0. The number of nitrogens with zero attached hydrogens (tertiary/aromatic N) is 1. The largest absolute Gasteiger partial charge is 0.353 e. The number of ether oxygens (including phenoxy) is 1. The van der Waals surface area contributed by atoms with Crippen LogP contribution in [-0.4, -0.2) is 5.97 Å². The van der Waals surface area contributed by atoms with E-state index in [2.05, 4.69) is 18.6 Å². The third-order valence-corrected chi connectivity index (χ3v) is 2.28. The van der Waals surface area contributed by atoms with Gasteiger partial charge in [0.1, 0.15) is 0 Å². The molecule has 0 bridgehead atoms. The van der Waals surface area contributed by atoms with Crippen molar-refractivity contribution in [2.75, 3.05) is 0 Å². The molecule has 0 N–H and O–H groups in total. The van der Waals surface area contributed by atoms with E-state index >= 15 is 0 Å². The normalized spacial score (nSPS) is 9.80. The van der Waals surface area contributed by atoms with E-state index in [0.717, 1.165) is 5.56 Å². The Kier molecular flexibility index (Phi) is 3.46.